The van der Waals surface area contributed by atoms with Crippen molar-refractivity contribution < 1.29 is 9.53 Å². The predicted molar refractivity (Wildman–Crippen MR) is 93.5 cm³/mol. The van der Waals surface area contributed by atoms with Crippen molar-refractivity contribution in [3.05, 3.63) is 77.9 Å². The summed E-state index contributed by atoms with van der Waals surface area (Å²) in [5.74, 6) is 1.53. The van der Waals surface area contributed by atoms with E-state index in [0.29, 0.717) is 17.0 Å². The largest absolute Gasteiger partial charge is 0.497 e. The Labute approximate surface area is 140 Å². The van der Waals surface area contributed by atoms with Crippen LogP contribution in [0.5, 0.6) is 5.75 Å². The summed E-state index contributed by atoms with van der Waals surface area (Å²) < 4.78 is 7.22. The van der Waals surface area contributed by atoms with Crippen molar-refractivity contribution in [1.29, 1.82) is 0 Å². The zero-order valence-corrected chi connectivity index (χ0v) is 13.7. The van der Waals surface area contributed by atoms with E-state index in [1.54, 1.807) is 19.4 Å². The van der Waals surface area contributed by atoms with Crippen LogP contribution in [0.3, 0.4) is 0 Å². The van der Waals surface area contributed by atoms with Gasteiger partial charge in [0.05, 0.1) is 7.11 Å². The molecule has 0 fully saturated rings. The number of amides is 1. The standard InChI is InChI=1S/C19H19N3O2/c1-14-20-10-11-22(14)13-15-6-8-16(9-7-15)19(23)21-17-4-3-5-18(12-17)24-2/h3-12H,13H2,1-2H3,(H,21,23). The zero-order chi connectivity index (χ0) is 16.9. The molecule has 1 amide bonds. The molecule has 0 unspecified atom stereocenters. The van der Waals surface area contributed by atoms with Gasteiger partial charge in [0, 0.05) is 36.3 Å². The molecule has 5 heteroatoms. The second-order valence-corrected chi connectivity index (χ2v) is 5.49. The van der Waals surface area contributed by atoms with Gasteiger partial charge < -0.3 is 14.6 Å². The lowest BCUT2D eigenvalue weighted by molar-refractivity contribution is 0.102. The number of carbonyl (C=O) groups excluding carboxylic acids is 1. The van der Waals surface area contributed by atoms with Gasteiger partial charge in [0.25, 0.3) is 5.91 Å². The smallest absolute Gasteiger partial charge is 0.255 e. The van der Waals surface area contributed by atoms with E-state index in [9.17, 15) is 4.79 Å². The van der Waals surface area contributed by atoms with E-state index in [1.165, 1.54) is 0 Å². The third-order valence-corrected chi connectivity index (χ3v) is 3.82. The first kappa shape index (κ1) is 15.8. The fraction of sp³-hybridized carbons (Fsp3) is 0.158. The van der Waals surface area contributed by atoms with Crippen molar-refractivity contribution in [3.63, 3.8) is 0 Å². The molecule has 0 saturated carbocycles. The molecular formula is C19H19N3O2. The Morgan fingerprint density at radius 3 is 2.67 bits per heavy atom. The first-order chi connectivity index (χ1) is 11.7. The number of methoxy groups -OCH3 is 1. The van der Waals surface area contributed by atoms with Gasteiger partial charge in [-0.15, -0.1) is 0 Å². The summed E-state index contributed by atoms with van der Waals surface area (Å²) in [5.41, 5.74) is 2.44. The van der Waals surface area contributed by atoms with Crippen LogP contribution in [0.2, 0.25) is 0 Å². The van der Waals surface area contributed by atoms with Crippen molar-refractivity contribution in [2.75, 3.05) is 12.4 Å². The molecule has 1 heterocycles. The molecule has 122 valence electrons. The van der Waals surface area contributed by atoms with Crippen LogP contribution in [-0.2, 0) is 6.54 Å². The highest BCUT2D eigenvalue weighted by Gasteiger charge is 2.07. The van der Waals surface area contributed by atoms with E-state index in [2.05, 4.69) is 14.9 Å². The number of ether oxygens (including phenoxy) is 1. The van der Waals surface area contributed by atoms with Crippen LogP contribution in [0.15, 0.2) is 60.9 Å². The number of aryl methyl sites for hydroxylation is 1. The summed E-state index contributed by atoms with van der Waals surface area (Å²) in [5, 5.41) is 2.87. The number of imidazole rings is 1. The first-order valence-electron chi connectivity index (χ1n) is 7.68. The summed E-state index contributed by atoms with van der Waals surface area (Å²) in [6, 6.07) is 14.9. The summed E-state index contributed by atoms with van der Waals surface area (Å²) >= 11 is 0. The molecule has 0 aliphatic carbocycles. The normalized spacial score (nSPS) is 10.4. The van der Waals surface area contributed by atoms with E-state index < -0.39 is 0 Å². The second-order valence-electron chi connectivity index (χ2n) is 5.49. The molecule has 24 heavy (non-hydrogen) atoms. The Bertz CT molecular complexity index is 838. The highest BCUT2D eigenvalue weighted by molar-refractivity contribution is 6.04. The Kier molecular flexibility index (Phi) is 4.61. The lowest BCUT2D eigenvalue weighted by Gasteiger charge is -2.08. The van der Waals surface area contributed by atoms with Crippen LogP contribution < -0.4 is 10.1 Å². The van der Waals surface area contributed by atoms with Crippen molar-refractivity contribution in [2.24, 2.45) is 0 Å². The maximum absolute atomic E-state index is 12.3. The van der Waals surface area contributed by atoms with Crippen molar-refractivity contribution in [3.8, 4) is 5.75 Å². The number of rotatable bonds is 5. The van der Waals surface area contributed by atoms with E-state index in [1.807, 2.05) is 55.6 Å². The van der Waals surface area contributed by atoms with Gasteiger partial charge in [-0.05, 0) is 36.8 Å². The minimum atomic E-state index is -0.145. The second kappa shape index (κ2) is 7.00. The lowest BCUT2D eigenvalue weighted by atomic mass is 10.1. The number of benzene rings is 2. The highest BCUT2D eigenvalue weighted by atomic mass is 16.5. The minimum Gasteiger partial charge on any atom is -0.497 e. The maximum Gasteiger partial charge on any atom is 0.255 e. The van der Waals surface area contributed by atoms with Gasteiger partial charge >= 0.3 is 0 Å². The molecule has 1 aromatic heterocycles. The fourth-order valence-electron chi connectivity index (χ4n) is 2.43. The first-order valence-corrected chi connectivity index (χ1v) is 7.68. The van der Waals surface area contributed by atoms with Crippen LogP contribution in [0.1, 0.15) is 21.7 Å². The number of aromatic nitrogens is 2. The molecule has 0 spiro atoms. The minimum absolute atomic E-state index is 0.145. The third-order valence-electron chi connectivity index (χ3n) is 3.82. The maximum atomic E-state index is 12.3. The van der Waals surface area contributed by atoms with Crippen molar-refractivity contribution in [1.82, 2.24) is 9.55 Å². The van der Waals surface area contributed by atoms with E-state index in [4.69, 9.17) is 4.74 Å². The van der Waals surface area contributed by atoms with Gasteiger partial charge in [0.2, 0.25) is 0 Å². The number of nitrogens with zero attached hydrogens (tertiary/aromatic N) is 2. The Morgan fingerprint density at radius 1 is 1.21 bits per heavy atom. The molecule has 0 aliphatic heterocycles. The molecule has 0 bridgehead atoms. The van der Waals surface area contributed by atoms with Gasteiger partial charge in [0.1, 0.15) is 11.6 Å². The lowest BCUT2D eigenvalue weighted by Crippen LogP contribution is -2.12. The SMILES string of the molecule is COc1cccc(NC(=O)c2ccc(Cn3ccnc3C)cc2)c1. The Morgan fingerprint density at radius 2 is 2.00 bits per heavy atom. The van der Waals surface area contributed by atoms with Crippen LogP contribution in [-0.4, -0.2) is 22.6 Å². The van der Waals surface area contributed by atoms with Gasteiger partial charge in [-0.3, -0.25) is 4.79 Å². The van der Waals surface area contributed by atoms with Crippen molar-refractivity contribution >= 4 is 11.6 Å². The quantitative estimate of drug-likeness (QED) is 0.782. The average Bonchev–Trinajstić information content (AvgIpc) is 3.00. The molecule has 3 aromatic rings. The molecular weight excluding hydrogens is 302 g/mol. The molecule has 3 rings (SSSR count). The Hall–Kier alpha value is -3.08. The Balaban J connectivity index is 1.68. The summed E-state index contributed by atoms with van der Waals surface area (Å²) in [6.07, 6.45) is 3.73. The zero-order valence-electron chi connectivity index (χ0n) is 13.7. The molecule has 0 atom stereocenters. The van der Waals surface area contributed by atoms with Gasteiger partial charge in [-0.1, -0.05) is 18.2 Å². The predicted octanol–water partition coefficient (Wildman–Crippen LogP) is 3.50. The number of hydrogen-bond acceptors (Lipinski definition) is 3. The summed E-state index contributed by atoms with van der Waals surface area (Å²) in [4.78, 5) is 16.5. The molecule has 0 saturated heterocycles. The van der Waals surface area contributed by atoms with E-state index in [0.717, 1.165) is 17.9 Å². The number of carbonyl (C=O) groups is 1. The molecule has 0 aliphatic rings. The summed E-state index contributed by atoms with van der Waals surface area (Å²) in [7, 11) is 1.60. The topological polar surface area (TPSA) is 56.1 Å². The fourth-order valence-corrected chi connectivity index (χ4v) is 2.43. The van der Waals surface area contributed by atoms with Gasteiger partial charge in [-0.25, -0.2) is 4.98 Å². The van der Waals surface area contributed by atoms with Gasteiger partial charge in [0.15, 0.2) is 0 Å². The molecule has 1 N–H and O–H groups in total. The molecule has 0 radical (unpaired) electrons. The van der Waals surface area contributed by atoms with Crippen LogP contribution in [0.25, 0.3) is 0 Å². The number of hydrogen-bond donors (Lipinski definition) is 1. The number of nitrogens with one attached hydrogen (secondary N) is 1. The monoisotopic (exact) mass is 321 g/mol. The number of anilines is 1. The average molecular weight is 321 g/mol. The molecule has 2 aromatic carbocycles. The van der Waals surface area contributed by atoms with Crippen LogP contribution in [0.4, 0.5) is 5.69 Å². The van der Waals surface area contributed by atoms with Crippen LogP contribution in [0, 0.1) is 6.92 Å². The van der Waals surface area contributed by atoms with Crippen molar-refractivity contribution in [2.45, 2.75) is 13.5 Å². The van der Waals surface area contributed by atoms with Crippen LogP contribution >= 0.6 is 0 Å². The van der Waals surface area contributed by atoms with Gasteiger partial charge in [-0.2, -0.15) is 0 Å². The molecule has 5 nitrogen and oxygen atoms in total. The highest BCUT2D eigenvalue weighted by Crippen LogP contribution is 2.17. The van der Waals surface area contributed by atoms with E-state index >= 15 is 0 Å². The summed E-state index contributed by atoms with van der Waals surface area (Å²) in [6.45, 7) is 2.71. The van der Waals surface area contributed by atoms with E-state index in [-0.39, 0.29) is 5.91 Å². The third kappa shape index (κ3) is 3.63.